The molecule has 10 heteroatoms. The van der Waals surface area contributed by atoms with Crippen LogP contribution in [0.1, 0.15) is 67.4 Å². The van der Waals surface area contributed by atoms with Gasteiger partial charge < -0.3 is 30.6 Å². The van der Waals surface area contributed by atoms with E-state index < -0.39 is 53.0 Å². The number of aliphatic hydroxyl groups is 1. The summed E-state index contributed by atoms with van der Waals surface area (Å²) in [7, 11) is 3.37. The van der Waals surface area contributed by atoms with Crippen molar-refractivity contribution in [1.82, 2.24) is 20.4 Å². The summed E-state index contributed by atoms with van der Waals surface area (Å²) in [6.45, 7) is 15.0. The molecule has 0 bridgehead atoms. The number of nitrogens with zero attached hydrogens (tertiary/aromatic N) is 2. The third-order valence-electron chi connectivity index (χ3n) is 8.25. The molecule has 1 heterocycles. The quantitative estimate of drug-likeness (QED) is 0.292. The lowest BCUT2D eigenvalue weighted by Crippen LogP contribution is -2.61. The zero-order valence-corrected chi connectivity index (χ0v) is 26.8. The number of amides is 3. The zero-order chi connectivity index (χ0) is 32.2. The third-order valence-corrected chi connectivity index (χ3v) is 8.25. The average molecular weight is 587 g/mol. The van der Waals surface area contributed by atoms with Crippen molar-refractivity contribution in [2.45, 2.75) is 97.5 Å². The molecule has 0 unspecified atom stereocenters. The fraction of sp³-hybridized carbons (Fsp3) is 0.625. The monoisotopic (exact) mass is 586 g/mol. The summed E-state index contributed by atoms with van der Waals surface area (Å²) in [4.78, 5) is 55.4. The lowest BCUT2D eigenvalue weighted by atomic mass is 9.76. The van der Waals surface area contributed by atoms with Crippen molar-refractivity contribution < 1.29 is 29.4 Å². The van der Waals surface area contributed by atoms with Gasteiger partial charge in [-0.2, -0.15) is 0 Å². The number of likely N-dealkylation sites (tertiary alicyclic amines) is 1. The maximum atomic E-state index is 14.0. The first-order chi connectivity index (χ1) is 19.3. The van der Waals surface area contributed by atoms with E-state index in [1.54, 1.807) is 32.0 Å². The smallest absolute Gasteiger partial charge is 0.326 e. The van der Waals surface area contributed by atoms with Gasteiger partial charge in [0.2, 0.25) is 17.7 Å². The first-order valence-electron chi connectivity index (χ1n) is 14.5. The van der Waals surface area contributed by atoms with Gasteiger partial charge in [-0.15, -0.1) is 0 Å². The number of carbonyl (C=O) groups excluding carboxylic acids is 3. The van der Waals surface area contributed by atoms with Crippen LogP contribution in [-0.4, -0.2) is 94.6 Å². The number of carboxylic acids is 1. The molecule has 0 spiro atoms. The van der Waals surface area contributed by atoms with Gasteiger partial charge in [0.15, 0.2) is 0 Å². The number of benzene rings is 1. The van der Waals surface area contributed by atoms with Crippen molar-refractivity contribution in [2.75, 3.05) is 20.6 Å². The fourth-order valence-electron chi connectivity index (χ4n) is 5.66. The Bertz CT molecular complexity index is 1160. The molecule has 3 amide bonds. The molecule has 10 nitrogen and oxygen atoms in total. The number of β-amino-alcohol motifs (C(OH)–C–C–N with tert-alkyl or cyclic N) is 1. The van der Waals surface area contributed by atoms with Crippen LogP contribution in [0.15, 0.2) is 42.0 Å². The van der Waals surface area contributed by atoms with E-state index in [0.29, 0.717) is 0 Å². The highest BCUT2D eigenvalue weighted by Gasteiger charge is 2.42. The number of hydrogen-bond acceptors (Lipinski definition) is 6. The van der Waals surface area contributed by atoms with E-state index >= 15 is 0 Å². The lowest BCUT2D eigenvalue weighted by molar-refractivity contribution is -0.146. The maximum absolute atomic E-state index is 14.0. The van der Waals surface area contributed by atoms with Gasteiger partial charge in [0, 0.05) is 31.0 Å². The minimum atomic E-state index is -1.17. The molecule has 0 saturated carbocycles. The van der Waals surface area contributed by atoms with Crippen LogP contribution >= 0.6 is 0 Å². The number of nitrogens with one attached hydrogen (secondary N) is 2. The Morgan fingerprint density at radius 2 is 1.62 bits per heavy atom. The van der Waals surface area contributed by atoms with E-state index in [4.69, 9.17) is 0 Å². The lowest BCUT2D eigenvalue weighted by Gasteiger charge is -2.40. The molecule has 1 aliphatic rings. The van der Waals surface area contributed by atoms with Crippen LogP contribution in [0.25, 0.3) is 0 Å². The van der Waals surface area contributed by atoms with Gasteiger partial charge in [0.05, 0.1) is 18.2 Å². The van der Waals surface area contributed by atoms with Crippen molar-refractivity contribution in [3.05, 3.63) is 47.5 Å². The Balaban J connectivity index is 2.35. The molecule has 234 valence electrons. The molecule has 0 aliphatic carbocycles. The average Bonchev–Trinajstić information content (AvgIpc) is 3.30. The number of rotatable bonds is 11. The number of aliphatic carboxylic acids is 1. The van der Waals surface area contributed by atoms with Crippen LogP contribution < -0.4 is 10.6 Å². The normalized spacial score (nSPS) is 20.2. The molecule has 4 N–H and O–H groups in total. The van der Waals surface area contributed by atoms with Gasteiger partial charge in [0.1, 0.15) is 12.1 Å². The molecule has 2 rings (SSSR count). The number of likely N-dealkylation sites (N-methyl/N-ethyl adjacent to an activating group) is 2. The number of aliphatic hydroxyl groups excluding tert-OH is 1. The van der Waals surface area contributed by atoms with E-state index in [9.17, 15) is 29.4 Å². The summed E-state index contributed by atoms with van der Waals surface area (Å²) in [5, 5.41) is 25.7. The van der Waals surface area contributed by atoms with Crippen molar-refractivity contribution in [1.29, 1.82) is 0 Å². The van der Waals surface area contributed by atoms with Gasteiger partial charge in [-0.3, -0.25) is 14.4 Å². The van der Waals surface area contributed by atoms with Crippen molar-refractivity contribution >= 4 is 23.7 Å². The molecule has 1 aliphatic heterocycles. The minimum absolute atomic E-state index is 0.0258. The Kier molecular flexibility index (Phi) is 11.5. The molecule has 1 aromatic rings. The maximum Gasteiger partial charge on any atom is 0.326 e. The van der Waals surface area contributed by atoms with E-state index in [2.05, 4.69) is 10.6 Å². The van der Waals surface area contributed by atoms with Crippen molar-refractivity contribution in [3.63, 3.8) is 0 Å². The van der Waals surface area contributed by atoms with Crippen LogP contribution in [0.2, 0.25) is 0 Å². The minimum Gasteiger partial charge on any atom is -0.480 e. The molecule has 5 atom stereocenters. The molecular weight excluding hydrogens is 536 g/mol. The summed E-state index contributed by atoms with van der Waals surface area (Å²) in [6.07, 6.45) is 0.741. The molecule has 0 radical (unpaired) electrons. The largest absolute Gasteiger partial charge is 0.480 e. The predicted molar refractivity (Wildman–Crippen MR) is 163 cm³/mol. The van der Waals surface area contributed by atoms with Crippen molar-refractivity contribution in [2.24, 2.45) is 11.3 Å². The van der Waals surface area contributed by atoms with Crippen molar-refractivity contribution in [3.8, 4) is 0 Å². The van der Waals surface area contributed by atoms with E-state index in [1.165, 1.54) is 4.90 Å². The summed E-state index contributed by atoms with van der Waals surface area (Å²) >= 11 is 0. The molecule has 1 saturated heterocycles. The highest BCUT2D eigenvalue weighted by molar-refractivity contribution is 5.96. The Morgan fingerprint density at radius 3 is 2.10 bits per heavy atom. The van der Waals surface area contributed by atoms with Crippen LogP contribution in [0.3, 0.4) is 0 Å². The van der Waals surface area contributed by atoms with Crippen LogP contribution in [0.5, 0.6) is 0 Å². The van der Waals surface area contributed by atoms with Crippen LogP contribution in [-0.2, 0) is 24.6 Å². The Morgan fingerprint density at radius 1 is 1.05 bits per heavy atom. The fourth-order valence-corrected chi connectivity index (χ4v) is 5.66. The molecule has 0 aromatic heterocycles. The van der Waals surface area contributed by atoms with Gasteiger partial charge in [-0.1, -0.05) is 84.9 Å². The van der Waals surface area contributed by atoms with Gasteiger partial charge in [-0.25, -0.2) is 4.79 Å². The number of hydrogen-bond donors (Lipinski definition) is 4. The first-order valence-corrected chi connectivity index (χ1v) is 14.5. The summed E-state index contributed by atoms with van der Waals surface area (Å²) in [5.74, 6) is -2.37. The standard InChI is InChI=1S/C32H50N4O6/c1-19(2)23(16-20(3)28(39)36-18-22(37)17-24(36)30(41)42)35(10)29(40)26(31(4,5)6)34-27(38)25(33-9)32(7,8)21-14-12-11-13-15-21/h11-16,19,22-26,33,37H,17-18H2,1-10H3,(H,34,38)(H,41,42)/t22-,23-,24+,25-,26-/m1/s1. The number of carbonyl (C=O) groups is 4. The third kappa shape index (κ3) is 7.98. The molecule has 1 fully saturated rings. The van der Waals surface area contributed by atoms with Gasteiger partial charge >= 0.3 is 5.97 Å². The van der Waals surface area contributed by atoms with Crippen LogP contribution in [0.4, 0.5) is 0 Å². The second kappa shape index (κ2) is 13.8. The van der Waals surface area contributed by atoms with E-state index in [0.717, 1.165) is 5.56 Å². The Labute approximate surface area is 250 Å². The molecule has 42 heavy (non-hydrogen) atoms. The van der Waals surface area contributed by atoms with Gasteiger partial charge in [0.25, 0.3) is 0 Å². The van der Waals surface area contributed by atoms with Gasteiger partial charge in [-0.05, 0) is 30.9 Å². The van der Waals surface area contributed by atoms with Crippen LogP contribution in [0, 0.1) is 11.3 Å². The van der Waals surface area contributed by atoms with E-state index in [1.807, 2.05) is 78.8 Å². The first kappa shape index (κ1) is 35.0. The van der Waals surface area contributed by atoms with E-state index in [-0.39, 0.29) is 36.3 Å². The number of carboxylic acid groups (broad SMARTS) is 1. The Hall–Kier alpha value is -3.24. The topological polar surface area (TPSA) is 139 Å². The highest BCUT2D eigenvalue weighted by Crippen LogP contribution is 2.29. The second-order valence-electron chi connectivity index (χ2n) is 13.4. The highest BCUT2D eigenvalue weighted by atomic mass is 16.4. The summed E-state index contributed by atoms with van der Waals surface area (Å²) in [5.41, 5.74) is 0.0582. The molecular formula is C32H50N4O6. The second-order valence-corrected chi connectivity index (χ2v) is 13.4. The predicted octanol–water partition coefficient (Wildman–Crippen LogP) is 2.56. The summed E-state index contributed by atoms with van der Waals surface area (Å²) in [6, 6.07) is 6.62. The SMILES string of the molecule is CN[C@H](C(=O)N[C@H](C(=O)N(C)[C@H](C=C(C)C(=O)N1C[C@H](O)C[C@H]1C(=O)O)C(C)C)C(C)(C)C)C(C)(C)c1ccccc1. The zero-order valence-electron chi connectivity index (χ0n) is 26.8. The summed E-state index contributed by atoms with van der Waals surface area (Å²) < 4.78 is 0. The molecule has 1 aromatic carbocycles.